The van der Waals surface area contributed by atoms with Crippen LogP contribution in [0.3, 0.4) is 0 Å². The van der Waals surface area contributed by atoms with E-state index in [1.165, 1.54) is 6.07 Å². The number of hydrogen-bond acceptors (Lipinski definition) is 7. The third kappa shape index (κ3) is 5.63. The van der Waals surface area contributed by atoms with Crippen molar-refractivity contribution >= 4 is 46.3 Å². The highest BCUT2D eigenvalue weighted by Gasteiger charge is 2.36. The summed E-state index contributed by atoms with van der Waals surface area (Å²) < 4.78 is 7.11. The molecule has 0 bridgehead atoms. The van der Waals surface area contributed by atoms with Crippen molar-refractivity contribution in [2.45, 2.75) is 13.5 Å². The summed E-state index contributed by atoms with van der Waals surface area (Å²) in [6, 6.07) is 16.7. The number of nitro groups is 1. The number of amides is 3. The molecule has 184 valence electrons. The number of anilines is 1. The number of benzene rings is 2. The standard InChI is InChI=1S/C25H22N4O6S/c1-2-35-20-11-9-18(10-12-20)26-23(30)16-28-24(31)22(36-25(28)32)14-19-7-5-13-27(19)15-17-6-3-4-8-21(17)29(33)34/h3-14H,2,15-16H2,1H3,(H,26,30)/b22-14+. The number of carbonyl (C=O) groups excluding carboxylic acids is 3. The Morgan fingerprint density at radius 2 is 1.86 bits per heavy atom. The molecule has 2 aromatic carbocycles. The van der Waals surface area contributed by atoms with Crippen LogP contribution < -0.4 is 10.1 Å². The Morgan fingerprint density at radius 1 is 1.11 bits per heavy atom. The fourth-order valence-corrected chi connectivity index (χ4v) is 4.45. The van der Waals surface area contributed by atoms with Crippen molar-refractivity contribution in [1.29, 1.82) is 0 Å². The molecule has 0 atom stereocenters. The molecule has 4 rings (SSSR count). The second kappa shape index (κ2) is 10.9. The van der Waals surface area contributed by atoms with Crippen molar-refractivity contribution in [3.8, 4) is 5.75 Å². The molecule has 2 heterocycles. The monoisotopic (exact) mass is 506 g/mol. The van der Waals surface area contributed by atoms with Crippen molar-refractivity contribution in [2.75, 3.05) is 18.5 Å². The van der Waals surface area contributed by atoms with Gasteiger partial charge in [-0.15, -0.1) is 0 Å². The number of carbonyl (C=O) groups is 3. The molecule has 0 saturated carbocycles. The van der Waals surface area contributed by atoms with E-state index in [1.54, 1.807) is 71.4 Å². The molecule has 36 heavy (non-hydrogen) atoms. The van der Waals surface area contributed by atoms with Crippen LogP contribution in [0.5, 0.6) is 5.75 Å². The second-order valence-corrected chi connectivity index (χ2v) is 8.71. The summed E-state index contributed by atoms with van der Waals surface area (Å²) in [6.45, 7) is 2.18. The molecule has 1 fully saturated rings. The van der Waals surface area contributed by atoms with E-state index in [9.17, 15) is 24.5 Å². The van der Waals surface area contributed by atoms with Crippen LogP contribution in [0.25, 0.3) is 6.08 Å². The third-order valence-corrected chi connectivity index (χ3v) is 6.20. The maximum atomic E-state index is 12.9. The number of para-hydroxylation sites is 1. The number of ether oxygens (including phenoxy) is 1. The topological polar surface area (TPSA) is 124 Å². The average molecular weight is 507 g/mol. The van der Waals surface area contributed by atoms with Crippen LogP contribution in [0.2, 0.25) is 0 Å². The van der Waals surface area contributed by atoms with E-state index in [1.807, 2.05) is 6.92 Å². The Labute approximate surface area is 210 Å². The van der Waals surface area contributed by atoms with Crippen LogP contribution in [-0.2, 0) is 16.1 Å². The van der Waals surface area contributed by atoms with Gasteiger partial charge in [0, 0.05) is 29.2 Å². The van der Waals surface area contributed by atoms with Crippen molar-refractivity contribution in [3.05, 3.63) is 93.1 Å². The molecule has 0 spiro atoms. The number of nitrogens with zero attached hydrogens (tertiary/aromatic N) is 3. The van der Waals surface area contributed by atoms with Gasteiger partial charge in [-0.25, -0.2) is 0 Å². The van der Waals surface area contributed by atoms with E-state index in [0.29, 0.717) is 29.3 Å². The van der Waals surface area contributed by atoms with Gasteiger partial charge < -0.3 is 14.6 Å². The van der Waals surface area contributed by atoms with Gasteiger partial charge in [0.1, 0.15) is 12.3 Å². The molecule has 1 N–H and O–H groups in total. The molecule has 0 aliphatic carbocycles. The predicted octanol–water partition coefficient (Wildman–Crippen LogP) is 4.52. The van der Waals surface area contributed by atoms with Gasteiger partial charge in [0.05, 0.1) is 23.0 Å². The highest BCUT2D eigenvalue weighted by atomic mass is 32.2. The summed E-state index contributed by atoms with van der Waals surface area (Å²) in [5.41, 5.74) is 1.61. The average Bonchev–Trinajstić information content (AvgIpc) is 3.39. The SMILES string of the molecule is CCOc1ccc(NC(=O)CN2C(=O)S/C(=C/c3cccn3Cc3ccccc3[N+](=O)[O-])C2=O)cc1. The molecule has 1 saturated heterocycles. The van der Waals surface area contributed by atoms with Gasteiger partial charge in [-0.3, -0.25) is 29.4 Å². The van der Waals surface area contributed by atoms with E-state index >= 15 is 0 Å². The van der Waals surface area contributed by atoms with Crippen molar-refractivity contribution in [1.82, 2.24) is 9.47 Å². The van der Waals surface area contributed by atoms with Gasteiger partial charge in [-0.1, -0.05) is 18.2 Å². The van der Waals surface area contributed by atoms with Crippen LogP contribution in [0.1, 0.15) is 18.2 Å². The molecule has 3 aromatic rings. The van der Waals surface area contributed by atoms with Crippen LogP contribution >= 0.6 is 11.8 Å². The maximum absolute atomic E-state index is 12.9. The highest BCUT2D eigenvalue weighted by molar-refractivity contribution is 8.18. The van der Waals surface area contributed by atoms with Gasteiger partial charge in [0.2, 0.25) is 5.91 Å². The molecule has 1 aliphatic heterocycles. The van der Waals surface area contributed by atoms with Crippen LogP contribution in [0.15, 0.2) is 71.8 Å². The molecule has 3 amide bonds. The lowest BCUT2D eigenvalue weighted by molar-refractivity contribution is -0.385. The minimum absolute atomic E-state index is 0.00369. The molecule has 11 heteroatoms. The van der Waals surface area contributed by atoms with Crippen molar-refractivity contribution in [2.24, 2.45) is 0 Å². The van der Waals surface area contributed by atoms with Gasteiger partial charge in [-0.05, 0) is 61.2 Å². The number of thioether (sulfide) groups is 1. The normalized spacial score (nSPS) is 14.4. The van der Waals surface area contributed by atoms with E-state index in [2.05, 4.69) is 5.32 Å². The van der Waals surface area contributed by atoms with Crippen molar-refractivity contribution < 1.29 is 24.0 Å². The van der Waals surface area contributed by atoms with E-state index in [0.717, 1.165) is 16.7 Å². The first kappa shape index (κ1) is 24.7. The molecular formula is C25H22N4O6S. The van der Waals surface area contributed by atoms with Crippen LogP contribution in [-0.4, -0.2) is 44.6 Å². The number of hydrogen-bond donors (Lipinski definition) is 1. The minimum atomic E-state index is -0.578. The molecule has 0 radical (unpaired) electrons. The first-order valence-corrected chi connectivity index (χ1v) is 11.8. The Kier molecular flexibility index (Phi) is 7.50. The first-order chi connectivity index (χ1) is 17.4. The van der Waals surface area contributed by atoms with Gasteiger partial charge >= 0.3 is 0 Å². The summed E-state index contributed by atoms with van der Waals surface area (Å²) >= 11 is 0.739. The van der Waals surface area contributed by atoms with E-state index < -0.39 is 28.5 Å². The number of nitro benzene ring substituents is 1. The summed E-state index contributed by atoms with van der Waals surface area (Å²) in [4.78, 5) is 49.7. The number of aromatic nitrogens is 1. The molecule has 0 unspecified atom stereocenters. The van der Waals surface area contributed by atoms with Crippen molar-refractivity contribution in [3.63, 3.8) is 0 Å². The second-order valence-electron chi connectivity index (χ2n) is 7.72. The van der Waals surface area contributed by atoms with Gasteiger partial charge in [0.15, 0.2) is 0 Å². The summed E-state index contributed by atoms with van der Waals surface area (Å²) in [5.74, 6) is -0.425. The highest BCUT2D eigenvalue weighted by Crippen LogP contribution is 2.32. The zero-order valence-corrected chi connectivity index (χ0v) is 20.1. The lowest BCUT2D eigenvalue weighted by Crippen LogP contribution is -2.36. The van der Waals surface area contributed by atoms with Gasteiger partial charge in [0.25, 0.3) is 16.8 Å². The third-order valence-electron chi connectivity index (χ3n) is 5.30. The zero-order chi connectivity index (χ0) is 25.7. The molecule has 10 nitrogen and oxygen atoms in total. The quantitative estimate of drug-likeness (QED) is 0.257. The smallest absolute Gasteiger partial charge is 0.294 e. The summed E-state index contributed by atoms with van der Waals surface area (Å²) in [5, 5.41) is 13.4. The van der Waals surface area contributed by atoms with Gasteiger partial charge in [-0.2, -0.15) is 0 Å². The maximum Gasteiger partial charge on any atom is 0.294 e. The lowest BCUT2D eigenvalue weighted by Gasteiger charge is -2.13. The first-order valence-electron chi connectivity index (χ1n) is 11.0. The Morgan fingerprint density at radius 3 is 2.58 bits per heavy atom. The predicted molar refractivity (Wildman–Crippen MR) is 136 cm³/mol. The zero-order valence-electron chi connectivity index (χ0n) is 19.2. The number of nitrogens with one attached hydrogen (secondary N) is 1. The lowest BCUT2D eigenvalue weighted by atomic mass is 10.2. The summed E-state index contributed by atoms with van der Waals surface area (Å²) in [6.07, 6.45) is 3.28. The summed E-state index contributed by atoms with van der Waals surface area (Å²) in [7, 11) is 0. The number of rotatable bonds is 9. The van der Waals surface area contributed by atoms with E-state index in [4.69, 9.17) is 4.74 Å². The molecule has 1 aromatic heterocycles. The Hall–Kier alpha value is -4.38. The largest absolute Gasteiger partial charge is 0.494 e. The Bertz CT molecular complexity index is 1350. The minimum Gasteiger partial charge on any atom is -0.494 e. The van der Waals surface area contributed by atoms with Crippen LogP contribution in [0.4, 0.5) is 16.2 Å². The Balaban J connectivity index is 1.44. The fraction of sp³-hybridized carbons (Fsp3) is 0.160. The fourth-order valence-electron chi connectivity index (χ4n) is 3.62. The molecular weight excluding hydrogens is 484 g/mol. The van der Waals surface area contributed by atoms with Crippen LogP contribution in [0, 0.1) is 10.1 Å². The number of imide groups is 1. The molecule has 1 aliphatic rings. The van der Waals surface area contributed by atoms with E-state index in [-0.39, 0.29) is 17.1 Å².